The molecular formula is C41H70N2O8. The Morgan fingerprint density at radius 3 is 2.35 bits per heavy atom. The van der Waals surface area contributed by atoms with Crippen molar-refractivity contribution in [2.24, 2.45) is 50.7 Å². The Morgan fingerprint density at radius 2 is 1.67 bits per heavy atom. The highest BCUT2D eigenvalue weighted by Crippen LogP contribution is 2.89. The van der Waals surface area contributed by atoms with Crippen LogP contribution in [0.2, 0.25) is 0 Å². The molecule has 0 aromatic heterocycles. The summed E-state index contributed by atoms with van der Waals surface area (Å²) >= 11 is 0. The van der Waals surface area contributed by atoms with Crippen molar-refractivity contribution in [1.82, 2.24) is 9.80 Å². The van der Waals surface area contributed by atoms with Crippen LogP contribution >= 0.6 is 0 Å². The lowest BCUT2D eigenvalue weighted by Gasteiger charge is -2.64. The van der Waals surface area contributed by atoms with E-state index < -0.39 is 17.8 Å². The smallest absolute Gasteiger partial charge is 0.237 e. The lowest BCUT2D eigenvalue weighted by Crippen LogP contribution is -2.60. The fraction of sp³-hybridized carbons (Fsp3) is 0.976. The van der Waals surface area contributed by atoms with E-state index in [0.29, 0.717) is 69.0 Å². The number of carbonyl (C=O) groups excluding carboxylic acids is 1. The summed E-state index contributed by atoms with van der Waals surface area (Å²) < 4.78 is 24.3. The number of nitrogens with zero attached hydrogens (tertiary/aromatic N) is 2. The van der Waals surface area contributed by atoms with E-state index in [-0.39, 0.29) is 52.0 Å². The fourth-order valence-corrected chi connectivity index (χ4v) is 14.0. The Labute approximate surface area is 307 Å². The van der Waals surface area contributed by atoms with Crippen LogP contribution in [0.15, 0.2) is 0 Å². The molecule has 51 heavy (non-hydrogen) atoms. The quantitative estimate of drug-likeness (QED) is 0.301. The highest BCUT2D eigenvalue weighted by Gasteiger charge is 2.83. The molecule has 5 saturated carbocycles. The average molecular weight is 719 g/mol. The molecule has 0 bridgehead atoms. The average Bonchev–Trinajstić information content (AvgIpc) is 3.71. The van der Waals surface area contributed by atoms with Gasteiger partial charge < -0.3 is 39.2 Å². The third kappa shape index (κ3) is 5.98. The zero-order valence-electron chi connectivity index (χ0n) is 33.0. The number of rotatable bonds is 10. The molecule has 2 saturated heterocycles. The van der Waals surface area contributed by atoms with Crippen LogP contribution in [-0.2, 0) is 23.7 Å². The van der Waals surface area contributed by atoms with Gasteiger partial charge in [0, 0.05) is 32.2 Å². The van der Waals surface area contributed by atoms with Gasteiger partial charge in [-0.3, -0.25) is 9.69 Å². The molecule has 10 nitrogen and oxygen atoms in total. The summed E-state index contributed by atoms with van der Waals surface area (Å²) in [6.07, 6.45) is 7.48. The maximum absolute atomic E-state index is 13.2. The SMILES string of the molecule is COC(C[C@@H](C)C1C[C@H](O)[C@@]2(C)[C@@H]3CC[C@H]4C(C)(C)[C@@H](OC5CN(C(=O)CN6CCOCC6)CCO5)CC[C@@]45CC35CC[C@]12C)[C@H](O)C(C)(C)O. The molecule has 0 aromatic rings. The van der Waals surface area contributed by atoms with Gasteiger partial charge in [-0.1, -0.05) is 34.6 Å². The summed E-state index contributed by atoms with van der Waals surface area (Å²) in [5, 5.41) is 33.6. The maximum atomic E-state index is 13.2. The van der Waals surface area contributed by atoms with Crippen LogP contribution in [0.4, 0.5) is 0 Å². The Balaban J connectivity index is 1.03. The predicted molar refractivity (Wildman–Crippen MR) is 194 cm³/mol. The van der Waals surface area contributed by atoms with Crippen molar-refractivity contribution in [3.05, 3.63) is 0 Å². The van der Waals surface area contributed by atoms with E-state index in [4.69, 9.17) is 18.9 Å². The summed E-state index contributed by atoms with van der Waals surface area (Å²) in [6, 6.07) is 0. The molecule has 7 aliphatic rings. The normalized spacial score (nSPS) is 45.5. The van der Waals surface area contributed by atoms with Crippen LogP contribution in [0.25, 0.3) is 0 Å². The molecule has 0 aromatic carbocycles. The van der Waals surface area contributed by atoms with Crippen LogP contribution in [0.3, 0.4) is 0 Å². The first-order valence-corrected chi connectivity index (χ1v) is 20.4. The lowest BCUT2D eigenvalue weighted by atomic mass is 9.41. The molecule has 13 atom stereocenters. The Bertz CT molecular complexity index is 1280. The predicted octanol–water partition coefficient (Wildman–Crippen LogP) is 4.47. The summed E-state index contributed by atoms with van der Waals surface area (Å²) in [4.78, 5) is 17.3. The molecule has 7 fully saturated rings. The number of carbonyl (C=O) groups is 1. The summed E-state index contributed by atoms with van der Waals surface area (Å²) in [7, 11) is 1.63. The van der Waals surface area contributed by atoms with Gasteiger partial charge in [-0.15, -0.1) is 0 Å². The van der Waals surface area contributed by atoms with E-state index in [1.54, 1.807) is 21.0 Å². The Kier molecular flexibility index (Phi) is 10.1. The molecule has 2 aliphatic heterocycles. The summed E-state index contributed by atoms with van der Waals surface area (Å²) in [6.45, 7) is 20.4. The van der Waals surface area contributed by atoms with Crippen LogP contribution in [0.1, 0.15) is 106 Å². The highest BCUT2D eigenvalue weighted by atomic mass is 16.7. The maximum Gasteiger partial charge on any atom is 0.237 e. The Hall–Kier alpha value is -0.850. The van der Waals surface area contributed by atoms with Crippen molar-refractivity contribution >= 4 is 5.91 Å². The summed E-state index contributed by atoms with van der Waals surface area (Å²) in [5.41, 5.74) is -0.843. The van der Waals surface area contributed by atoms with E-state index in [2.05, 4.69) is 39.5 Å². The third-order valence-corrected chi connectivity index (χ3v) is 17.0. The Morgan fingerprint density at radius 1 is 0.980 bits per heavy atom. The number of fused-ring (bicyclic) bond motifs is 2. The van der Waals surface area contributed by atoms with Gasteiger partial charge >= 0.3 is 0 Å². The minimum Gasteiger partial charge on any atom is -0.393 e. The first-order chi connectivity index (χ1) is 23.9. The number of aliphatic hydroxyl groups excluding tert-OH is 2. The van der Waals surface area contributed by atoms with Crippen molar-refractivity contribution in [3.63, 3.8) is 0 Å². The zero-order valence-corrected chi connectivity index (χ0v) is 33.0. The molecular weight excluding hydrogens is 648 g/mol. The molecule has 3 N–H and O–H groups in total. The van der Waals surface area contributed by atoms with Crippen molar-refractivity contribution in [3.8, 4) is 0 Å². The summed E-state index contributed by atoms with van der Waals surface area (Å²) in [5.74, 6) is 1.78. The van der Waals surface area contributed by atoms with Crippen molar-refractivity contribution in [1.29, 1.82) is 0 Å². The third-order valence-electron chi connectivity index (χ3n) is 17.0. The first-order valence-electron chi connectivity index (χ1n) is 20.4. The minimum absolute atomic E-state index is 0.00438. The minimum atomic E-state index is -1.24. The van der Waals surface area contributed by atoms with Crippen molar-refractivity contribution in [2.75, 3.05) is 59.7 Å². The largest absolute Gasteiger partial charge is 0.393 e. The second-order valence-corrected chi connectivity index (χ2v) is 19.8. The van der Waals surface area contributed by atoms with Crippen LogP contribution in [-0.4, -0.2) is 127 Å². The van der Waals surface area contributed by atoms with Gasteiger partial charge in [-0.05, 0) is 117 Å². The monoisotopic (exact) mass is 719 g/mol. The van der Waals surface area contributed by atoms with Crippen LogP contribution in [0, 0.1) is 50.7 Å². The van der Waals surface area contributed by atoms with E-state index >= 15 is 0 Å². The first kappa shape index (κ1) is 38.4. The number of hydrogen-bond acceptors (Lipinski definition) is 9. The van der Waals surface area contributed by atoms with Gasteiger partial charge in [0.25, 0.3) is 0 Å². The standard InChI is InChI=1S/C41H70N2O8/c1-26(21-28(48-8)35(46)37(4,5)47)27-22-31(44)39(7)30-10-9-29-36(2,3)32(11-12-40(29)25-41(30,40)14-13-38(27,39)6)51-34-24-43(17-20-50-34)33(45)23-42-15-18-49-19-16-42/h26-32,34-35,44,46-47H,9-25H2,1-8H3/t26-,27?,28?,29+,30+,31+,32+,34?,35+,38-,39-,40-,41?/m1/s1. The van der Waals surface area contributed by atoms with Gasteiger partial charge in [0.1, 0.15) is 6.10 Å². The molecule has 10 heteroatoms. The second-order valence-electron chi connectivity index (χ2n) is 19.8. The second kappa shape index (κ2) is 13.4. The number of ether oxygens (including phenoxy) is 4. The van der Waals surface area contributed by atoms with Crippen molar-refractivity contribution < 1.29 is 39.1 Å². The van der Waals surface area contributed by atoms with Crippen molar-refractivity contribution in [2.45, 2.75) is 143 Å². The van der Waals surface area contributed by atoms with E-state index in [9.17, 15) is 20.1 Å². The van der Waals surface area contributed by atoms with Gasteiger partial charge in [0.15, 0.2) is 6.29 Å². The number of aliphatic hydroxyl groups is 3. The number of methoxy groups -OCH3 is 1. The molecule has 0 radical (unpaired) electrons. The molecule has 2 heterocycles. The van der Waals surface area contributed by atoms with Gasteiger partial charge in [0.05, 0.1) is 56.8 Å². The van der Waals surface area contributed by atoms with Gasteiger partial charge in [-0.2, -0.15) is 0 Å². The molecule has 5 aliphatic carbocycles. The van der Waals surface area contributed by atoms with E-state index in [1.807, 2.05) is 4.90 Å². The molecule has 292 valence electrons. The van der Waals surface area contributed by atoms with Crippen LogP contribution in [0.5, 0.6) is 0 Å². The topological polar surface area (TPSA) is 121 Å². The number of morpholine rings is 2. The van der Waals surface area contributed by atoms with E-state index in [0.717, 1.165) is 45.2 Å². The molecule has 4 unspecified atom stereocenters. The van der Waals surface area contributed by atoms with Gasteiger partial charge in [0.2, 0.25) is 5.91 Å². The lowest BCUT2D eigenvalue weighted by molar-refractivity contribution is -0.248. The van der Waals surface area contributed by atoms with E-state index in [1.165, 1.54) is 19.3 Å². The van der Waals surface area contributed by atoms with Gasteiger partial charge in [-0.25, -0.2) is 0 Å². The molecule has 2 spiro atoms. The highest BCUT2D eigenvalue weighted by molar-refractivity contribution is 5.78. The molecule has 7 rings (SSSR count). The van der Waals surface area contributed by atoms with Crippen LogP contribution < -0.4 is 0 Å². The number of amides is 1. The fourth-order valence-electron chi connectivity index (χ4n) is 14.0. The zero-order chi connectivity index (χ0) is 36.8. The number of hydrogen-bond donors (Lipinski definition) is 3. The molecule has 1 amide bonds.